The lowest BCUT2D eigenvalue weighted by Crippen LogP contribution is -2.59. The zero-order valence-electron chi connectivity index (χ0n) is 27.2. The monoisotopic (exact) mass is 764 g/mol. The molecule has 288 valence electrons. The summed E-state index contributed by atoms with van der Waals surface area (Å²) in [5.74, 6) is -0.383. The van der Waals surface area contributed by atoms with Gasteiger partial charge in [0.05, 0.1) is 58.5 Å². The number of carbonyl (C=O) groups excluding carboxylic acids is 3. The Kier molecular flexibility index (Phi) is 21.7. The second-order valence-electron chi connectivity index (χ2n) is 10.7. The molecule has 0 aliphatic carbocycles. The number of ether oxygens (including phenoxy) is 6. The van der Waals surface area contributed by atoms with Crippen molar-refractivity contribution in [3.63, 3.8) is 0 Å². The third kappa shape index (κ3) is 18.2. The number of aliphatic hydroxyl groups is 4. The fourth-order valence-electron chi connectivity index (χ4n) is 4.25. The minimum Gasteiger partial charge on any atom is -0.464 e. The number of halogens is 1. The molecule has 1 aromatic rings. The van der Waals surface area contributed by atoms with E-state index in [4.69, 9.17) is 35.1 Å². The number of hydrogen-bond donors (Lipinski definition) is 6. The number of rotatable bonds is 28. The van der Waals surface area contributed by atoms with Crippen LogP contribution in [0.1, 0.15) is 31.4 Å². The molecule has 1 amide bonds. The number of nitrogens with zero attached hydrogens (tertiary/aromatic N) is 3. The van der Waals surface area contributed by atoms with Crippen LogP contribution in [0.15, 0.2) is 6.20 Å². The number of unbranched alkanes of at least 4 members (excludes halogenated alkanes) is 2. The van der Waals surface area contributed by atoms with Crippen molar-refractivity contribution in [2.75, 3.05) is 66.0 Å². The quantitative estimate of drug-likeness (QED) is 0.0242. The molecule has 2 heterocycles. The van der Waals surface area contributed by atoms with E-state index < -0.39 is 69.9 Å². The van der Waals surface area contributed by atoms with Crippen LogP contribution in [0.3, 0.4) is 0 Å². The summed E-state index contributed by atoms with van der Waals surface area (Å²) in [5.41, 5.74) is -0.416. The molecule has 2 rings (SSSR count). The average molecular weight is 765 g/mol. The summed E-state index contributed by atoms with van der Waals surface area (Å²) in [4.78, 5) is 42.7. The molecule has 50 heavy (non-hydrogen) atoms. The number of amides is 1. The Bertz CT molecular complexity index is 1170. The first-order valence-corrected chi connectivity index (χ1v) is 17.6. The van der Waals surface area contributed by atoms with Gasteiger partial charge in [0.25, 0.3) is 6.47 Å². The molecule has 1 aliphatic rings. The van der Waals surface area contributed by atoms with Crippen molar-refractivity contribution in [1.82, 2.24) is 20.3 Å². The van der Waals surface area contributed by atoms with Crippen molar-refractivity contribution in [2.24, 2.45) is 0 Å². The molecule has 1 aromatic heterocycles. The van der Waals surface area contributed by atoms with Gasteiger partial charge in [-0.2, -0.15) is 0 Å². The lowest BCUT2D eigenvalue weighted by Gasteiger charge is -2.39. The highest BCUT2D eigenvalue weighted by atomic mass is 35.5. The number of carbonyl (C=O) groups is 3. The van der Waals surface area contributed by atoms with Gasteiger partial charge in [0.2, 0.25) is 5.91 Å². The van der Waals surface area contributed by atoms with Crippen LogP contribution in [0.4, 0.5) is 4.79 Å². The van der Waals surface area contributed by atoms with Gasteiger partial charge in [-0.3, -0.25) is 18.6 Å². The first-order valence-electron chi connectivity index (χ1n) is 15.7. The van der Waals surface area contributed by atoms with E-state index >= 15 is 0 Å². The number of phosphoric ester groups is 1. The standard InChI is InChI=1S/C27H46ClN4O17P/c28-27(39)48-20(16-44-18-34)17-47-50(40,41)46-10-6-29-22(35)5-9-42-12-13-43-11-7-32-14-19(30-31-32)4-2-1-3-8-45-26-25(38)24(37)23(36)21(15-33)49-26/h14,18,20-21,23-26,33,36-38H,1-13,15-17H2,(H,29,35)(H,40,41)/t20-,21-,23-,24+,25+,26?/m1/s1. The third-order valence-corrected chi connectivity index (χ3v) is 7.89. The van der Waals surface area contributed by atoms with Crippen molar-refractivity contribution >= 4 is 37.2 Å². The molecule has 0 bridgehead atoms. The molecule has 0 spiro atoms. The number of nitrogens with one attached hydrogen (secondary N) is 1. The normalized spacial score (nSPS) is 22.4. The molecular formula is C27H46ClN4O17P. The zero-order chi connectivity index (χ0) is 36.8. The summed E-state index contributed by atoms with van der Waals surface area (Å²) >= 11 is 5.07. The average Bonchev–Trinajstić information content (AvgIpc) is 3.54. The Morgan fingerprint density at radius 1 is 1.02 bits per heavy atom. The molecule has 21 nitrogen and oxygen atoms in total. The Morgan fingerprint density at radius 2 is 1.78 bits per heavy atom. The molecule has 2 unspecified atom stereocenters. The molecule has 7 atom stereocenters. The Labute approximate surface area is 292 Å². The molecule has 1 saturated heterocycles. The second-order valence-corrected chi connectivity index (χ2v) is 12.4. The van der Waals surface area contributed by atoms with E-state index in [0.717, 1.165) is 18.5 Å². The Morgan fingerprint density at radius 3 is 2.50 bits per heavy atom. The smallest absolute Gasteiger partial charge is 0.464 e. The zero-order valence-corrected chi connectivity index (χ0v) is 28.9. The summed E-state index contributed by atoms with van der Waals surface area (Å²) in [6.07, 6.45) is -2.87. The molecule has 0 radical (unpaired) electrons. The Hall–Kier alpha value is -2.37. The van der Waals surface area contributed by atoms with Gasteiger partial charge in [0.15, 0.2) is 12.4 Å². The van der Waals surface area contributed by atoms with Crippen molar-refractivity contribution < 1.29 is 81.7 Å². The minimum absolute atomic E-state index is 0.0303. The topological polar surface area (TPSA) is 286 Å². The number of aryl methyl sites for hydroxylation is 1. The lowest BCUT2D eigenvalue weighted by atomic mass is 9.99. The van der Waals surface area contributed by atoms with Crippen LogP contribution >= 0.6 is 19.4 Å². The van der Waals surface area contributed by atoms with E-state index in [9.17, 15) is 44.3 Å². The van der Waals surface area contributed by atoms with Gasteiger partial charge in [-0.25, -0.2) is 14.0 Å². The first-order chi connectivity index (χ1) is 24.0. The number of aliphatic hydroxyl groups excluding tert-OH is 4. The van der Waals surface area contributed by atoms with Gasteiger partial charge in [0, 0.05) is 37.4 Å². The maximum absolute atomic E-state index is 11.9. The predicted molar refractivity (Wildman–Crippen MR) is 166 cm³/mol. The first kappa shape index (κ1) is 43.8. The molecule has 23 heteroatoms. The maximum atomic E-state index is 11.9. The molecule has 0 saturated carbocycles. The van der Waals surface area contributed by atoms with Crippen LogP contribution in [-0.4, -0.2) is 161 Å². The highest BCUT2D eigenvalue weighted by molar-refractivity contribution is 7.47. The van der Waals surface area contributed by atoms with Crippen molar-refractivity contribution in [3.8, 4) is 0 Å². The fraction of sp³-hybridized carbons (Fsp3) is 0.815. The molecule has 1 aliphatic heterocycles. The van der Waals surface area contributed by atoms with Crippen LogP contribution in [0.25, 0.3) is 0 Å². The number of hydrogen-bond acceptors (Lipinski definition) is 18. The SMILES string of the molecule is O=COC[C@H](COP(=O)(O)OCCNC(=O)CCOCCOCCn1cc(CCCCCOC2O[C@H](CO)[C@@H](O)[C@H](O)[C@@H]2O)nn1)OC(=O)Cl. The van der Waals surface area contributed by atoms with Gasteiger partial charge in [-0.05, 0) is 19.3 Å². The van der Waals surface area contributed by atoms with Crippen LogP contribution in [0.2, 0.25) is 0 Å². The minimum atomic E-state index is -4.56. The van der Waals surface area contributed by atoms with Crippen LogP contribution < -0.4 is 5.32 Å². The second kappa shape index (κ2) is 24.8. The summed E-state index contributed by atoms with van der Waals surface area (Å²) in [6, 6.07) is 0. The van der Waals surface area contributed by atoms with Gasteiger partial charge in [-0.1, -0.05) is 11.6 Å². The third-order valence-electron chi connectivity index (χ3n) is 6.82. The highest BCUT2D eigenvalue weighted by Crippen LogP contribution is 2.43. The van der Waals surface area contributed by atoms with Gasteiger partial charge >= 0.3 is 13.3 Å². The molecule has 6 N–H and O–H groups in total. The van der Waals surface area contributed by atoms with Gasteiger partial charge in [0.1, 0.15) is 31.0 Å². The lowest BCUT2D eigenvalue weighted by molar-refractivity contribution is -0.301. The maximum Gasteiger partial charge on any atom is 0.472 e. The van der Waals surface area contributed by atoms with Gasteiger partial charge < -0.3 is 59.1 Å². The van der Waals surface area contributed by atoms with E-state index in [1.165, 1.54) is 0 Å². The summed E-state index contributed by atoms with van der Waals surface area (Å²) < 4.78 is 53.6. The predicted octanol–water partition coefficient (Wildman–Crippen LogP) is -1.60. The van der Waals surface area contributed by atoms with E-state index in [0.29, 0.717) is 32.6 Å². The molecular weight excluding hydrogens is 719 g/mol. The highest BCUT2D eigenvalue weighted by Gasteiger charge is 2.43. The molecule has 0 aromatic carbocycles. The van der Waals surface area contributed by atoms with Crippen molar-refractivity contribution in [1.29, 1.82) is 0 Å². The van der Waals surface area contributed by atoms with E-state index in [1.54, 1.807) is 4.68 Å². The summed E-state index contributed by atoms with van der Waals surface area (Å²) in [7, 11) is -4.56. The largest absolute Gasteiger partial charge is 0.472 e. The summed E-state index contributed by atoms with van der Waals surface area (Å²) in [6.45, 7) is -0.225. The fourth-order valence-corrected chi connectivity index (χ4v) is 5.12. The number of phosphoric acid groups is 1. The van der Waals surface area contributed by atoms with Crippen LogP contribution in [-0.2, 0) is 64.6 Å². The Balaban J connectivity index is 1.43. The van der Waals surface area contributed by atoms with Crippen molar-refractivity contribution in [3.05, 3.63) is 11.9 Å². The van der Waals surface area contributed by atoms with Crippen LogP contribution in [0, 0.1) is 0 Å². The van der Waals surface area contributed by atoms with Crippen LogP contribution in [0.5, 0.6) is 0 Å². The van der Waals surface area contributed by atoms with Gasteiger partial charge in [-0.15, -0.1) is 5.10 Å². The van der Waals surface area contributed by atoms with E-state index in [-0.39, 0.29) is 51.8 Å². The van der Waals surface area contributed by atoms with E-state index in [1.807, 2.05) is 6.20 Å². The van der Waals surface area contributed by atoms with Crippen molar-refractivity contribution in [2.45, 2.75) is 75.5 Å². The van der Waals surface area contributed by atoms with E-state index in [2.05, 4.69) is 29.6 Å². The molecule has 1 fully saturated rings. The number of aromatic nitrogens is 3. The summed E-state index contributed by atoms with van der Waals surface area (Å²) in [5, 5.41) is 49.5.